The summed E-state index contributed by atoms with van der Waals surface area (Å²) in [7, 11) is 0. The fourth-order valence-electron chi connectivity index (χ4n) is 9.43. The minimum absolute atomic E-state index is 0.0646. The Kier molecular flexibility index (Phi) is 6.72. The highest BCUT2D eigenvalue weighted by molar-refractivity contribution is 5.69. The monoisotopic (exact) mass is 653 g/mol. The lowest BCUT2D eigenvalue weighted by molar-refractivity contribution is 0.212. The number of ether oxygens (including phenoxy) is 2. The molecule has 0 radical (unpaired) electrons. The zero-order valence-corrected chi connectivity index (χ0v) is 29.3. The van der Waals surface area contributed by atoms with Crippen molar-refractivity contribution in [2.24, 2.45) is 5.92 Å². The molecule has 0 saturated heterocycles. The first-order chi connectivity index (χ1) is 24.4. The Morgan fingerprint density at radius 3 is 2.18 bits per heavy atom. The van der Waals surface area contributed by atoms with Crippen molar-refractivity contribution in [1.82, 2.24) is 0 Å². The molecule has 6 atom stereocenters. The van der Waals surface area contributed by atoms with E-state index in [1.165, 1.54) is 72.6 Å². The molecule has 0 N–H and O–H groups in total. The average molecular weight is 654 g/mol. The third-order valence-electron chi connectivity index (χ3n) is 12.0. The predicted molar refractivity (Wildman–Crippen MR) is 203 cm³/mol. The molecule has 0 bridgehead atoms. The standard InChI is InChI=1S/C47H43NO2/c1-27-5-11-31(12-6-27)23-34-26-44-45(36-17-9-29(3)21-40(34)36)38-20-14-33(25-43(38)49-44)32-13-19-37-41(24-32)48(35-15-7-28(2)8-16-35)47-46(37)39-18-10-30(4)22-42(39)50-47/h5-20,22-23,25,29,32,44-47H,21,24,26H2,1-4H3/b34-23-. The Labute approximate surface area is 296 Å². The van der Waals surface area contributed by atoms with Crippen molar-refractivity contribution < 1.29 is 9.47 Å². The van der Waals surface area contributed by atoms with Crippen molar-refractivity contribution in [2.75, 3.05) is 4.90 Å². The van der Waals surface area contributed by atoms with Gasteiger partial charge in [0.1, 0.15) is 17.6 Å². The number of aryl methyl sites for hydroxylation is 3. The number of hydrogen-bond donors (Lipinski definition) is 0. The van der Waals surface area contributed by atoms with Crippen LogP contribution in [-0.4, -0.2) is 12.3 Å². The predicted octanol–water partition coefficient (Wildman–Crippen LogP) is 11.2. The van der Waals surface area contributed by atoms with Gasteiger partial charge in [0.2, 0.25) is 0 Å². The molecule has 0 spiro atoms. The van der Waals surface area contributed by atoms with Crippen LogP contribution in [0.25, 0.3) is 6.08 Å². The lowest BCUT2D eigenvalue weighted by Crippen LogP contribution is -2.35. The van der Waals surface area contributed by atoms with Gasteiger partial charge in [0, 0.05) is 34.9 Å². The molecule has 0 saturated carbocycles. The molecular formula is C47H43NO2. The van der Waals surface area contributed by atoms with Gasteiger partial charge in [-0.1, -0.05) is 109 Å². The molecule has 3 aliphatic heterocycles. The Bertz CT molecular complexity index is 2210. The Balaban J connectivity index is 0.980. The van der Waals surface area contributed by atoms with Gasteiger partial charge in [-0.25, -0.2) is 0 Å². The quantitative estimate of drug-likeness (QED) is 0.220. The van der Waals surface area contributed by atoms with E-state index in [4.69, 9.17) is 9.47 Å². The summed E-state index contributed by atoms with van der Waals surface area (Å²) >= 11 is 0. The summed E-state index contributed by atoms with van der Waals surface area (Å²) in [6.07, 6.45) is 15.1. The first-order valence-corrected chi connectivity index (χ1v) is 18.4. The summed E-state index contributed by atoms with van der Waals surface area (Å²) < 4.78 is 13.7. The maximum Gasteiger partial charge on any atom is 0.187 e. The van der Waals surface area contributed by atoms with E-state index in [2.05, 4.69) is 148 Å². The molecule has 6 unspecified atom stereocenters. The summed E-state index contributed by atoms with van der Waals surface area (Å²) in [6, 6.07) is 31.7. The van der Waals surface area contributed by atoms with Gasteiger partial charge in [-0.15, -0.1) is 0 Å². The molecule has 4 aromatic rings. The SMILES string of the molecule is Cc1ccc(/C=C2/CC3Oc4cc(C5C=CC6=C(C5)N(c5ccc(C)cc5)C5Oc7cc(C)ccc7C65)ccc4C3C3=C2CC(C)C=C3)cc1. The van der Waals surface area contributed by atoms with Gasteiger partial charge >= 0.3 is 0 Å². The second kappa shape index (κ2) is 11.3. The van der Waals surface area contributed by atoms with E-state index >= 15 is 0 Å². The van der Waals surface area contributed by atoms with E-state index < -0.39 is 0 Å². The minimum atomic E-state index is -0.0646. The molecule has 0 aromatic heterocycles. The molecule has 248 valence electrons. The number of anilines is 1. The zero-order valence-electron chi connectivity index (χ0n) is 29.3. The second-order valence-corrected chi connectivity index (χ2v) is 15.5. The number of nitrogens with zero attached hydrogens (tertiary/aromatic N) is 1. The summed E-state index contributed by atoms with van der Waals surface area (Å²) in [5.74, 6) is 3.39. The van der Waals surface area contributed by atoms with Crippen LogP contribution in [0.15, 0.2) is 137 Å². The van der Waals surface area contributed by atoms with Crippen molar-refractivity contribution in [3.8, 4) is 11.5 Å². The Morgan fingerprint density at radius 2 is 1.36 bits per heavy atom. The maximum atomic E-state index is 6.93. The molecule has 6 aliphatic rings. The number of fused-ring (bicyclic) bond motifs is 8. The fraction of sp³-hybridized carbons (Fsp3) is 0.277. The molecular weight excluding hydrogens is 611 g/mol. The largest absolute Gasteiger partial charge is 0.489 e. The topological polar surface area (TPSA) is 21.7 Å². The smallest absolute Gasteiger partial charge is 0.187 e. The van der Waals surface area contributed by atoms with Crippen molar-refractivity contribution in [1.29, 1.82) is 0 Å². The van der Waals surface area contributed by atoms with Gasteiger partial charge in [0.15, 0.2) is 6.23 Å². The minimum Gasteiger partial charge on any atom is -0.489 e. The molecule has 0 amide bonds. The number of rotatable bonds is 3. The maximum absolute atomic E-state index is 6.93. The van der Waals surface area contributed by atoms with Gasteiger partial charge in [0.05, 0.1) is 11.8 Å². The van der Waals surface area contributed by atoms with Crippen molar-refractivity contribution >= 4 is 11.8 Å². The van der Waals surface area contributed by atoms with E-state index in [0.717, 1.165) is 30.8 Å². The molecule has 50 heavy (non-hydrogen) atoms. The van der Waals surface area contributed by atoms with Gasteiger partial charge < -0.3 is 14.4 Å². The number of hydrogen-bond acceptors (Lipinski definition) is 3. The summed E-state index contributed by atoms with van der Waals surface area (Å²) in [4.78, 5) is 2.48. The lowest BCUT2D eigenvalue weighted by Gasteiger charge is -2.34. The summed E-state index contributed by atoms with van der Waals surface area (Å²) in [6.45, 7) is 8.79. The zero-order chi connectivity index (χ0) is 33.7. The third kappa shape index (κ3) is 4.70. The van der Waals surface area contributed by atoms with Gasteiger partial charge in [-0.05, 0) is 103 Å². The van der Waals surface area contributed by atoms with Crippen molar-refractivity contribution in [3.05, 3.63) is 176 Å². The van der Waals surface area contributed by atoms with Crippen molar-refractivity contribution in [2.45, 2.75) is 77.0 Å². The molecule has 3 aliphatic carbocycles. The van der Waals surface area contributed by atoms with Crippen LogP contribution < -0.4 is 14.4 Å². The normalized spacial score (nSPS) is 27.8. The van der Waals surface area contributed by atoms with Crippen LogP contribution in [0.3, 0.4) is 0 Å². The van der Waals surface area contributed by atoms with Crippen LogP contribution in [0, 0.1) is 26.7 Å². The first kappa shape index (κ1) is 29.9. The average Bonchev–Trinajstić information content (AvgIpc) is 3.77. The van der Waals surface area contributed by atoms with Gasteiger partial charge in [-0.3, -0.25) is 0 Å². The highest BCUT2D eigenvalue weighted by Crippen LogP contribution is 2.56. The molecule has 3 heterocycles. The molecule has 3 heteroatoms. The van der Waals surface area contributed by atoms with E-state index in [1.54, 1.807) is 0 Å². The van der Waals surface area contributed by atoms with Crippen LogP contribution in [-0.2, 0) is 0 Å². The van der Waals surface area contributed by atoms with Gasteiger partial charge in [0.25, 0.3) is 0 Å². The number of allylic oxidation sites excluding steroid dienone is 6. The molecule has 3 nitrogen and oxygen atoms in total. The van der Waals surface area contributed by atoms with Crippen LogP contribution in [0.1, 0.15) is 82.9 Å². The van der Waals surface area contributed by atoms with E-state index in [1.807, 2.05) is 0 Å². The van der Waals surface area contributed by atoms with Gasteiger partial charge in [-0.2, -0.15) is 0 Å². The Hall–Kier alpha value is -5.02. The van der Waals surface area contributed by atoms with E-state index in [0.29, 0.717) is 5.92 Å². The fourth-order valence-corrected chi connectivity index (χ4v) is 9.43. The van der Waals surface area contributed by atoms with Crippen LogP contribution in [0.2, 0.25) is 0 Å². The summed E-state index contributed by atoms with van der Waals surface area (Å²) in [5.41, 5.74) is 17.4. The number of benzene rings is 4. The van der Waals surface area contributed by atoms with Crippen molar-refractivity contribution in [3.63, 3.8) is 0 Å². The van der Waals surface area contributed by atoms with E-state index in [9.17, 15) is 0 Å². The van der Waals surface area contributed by atoms with Crippen LogP contribution in [0.4, 0.5) is 5.69 Å². The third-order valence-corrected chi connectivity index (χ3v) is 12.0. The van der Waals surface area contributed by atoms with E-state index in [-0.39, 0.29) is 30.1 Å². The first-order valence-electron chi connectivity index (χ1n) is 18.4. The van der Waals surface area contributed by atoms with Crippen LogP contribution >= 0.6 is 0 Å². The molecule has 10 rings (SSSR count). The Morgan fingerprint density at radius 1 is 0.660 bits per heavy atom. The molecule has 4 aromatic carbocycles. The molecule has 0 fully saturated rings. The summed E-state index contributed by atoms with van der Waals surface area (Å²) in [5, 5.41) is 0. The highest BCUT2D eigenvalue weighted by atomic mass is 16.5. The lowest BCUT2D eigenvalue weighted by atomic mass is 9.71. The second-order valence-electron chi connectivity index (χ2n) is 15.5. The van der Waals surface area contributed by atoms with Crippen LogP contribution in [0.5, 0.6) is 11.5 Å². The highest BCUT2D eigenvalue weighted by Gasteiger charge is 2.49.